The molecule has 0 bridgehead atoms. The van der Waals surface area contributed by atoms with Gasteiger partial charge in [-0.3, -0.25) is 4.79 Å². The smallest absolute Gasteiger partial charge is 0.416 e. The maximum atomic E-state index is 13.4. The predicted molar refractivity (Wildman–Crippen MR) is 121 cm³/mol. The first-order valence-electron chi connectivity index (χ1n) is 10.8. The summed E-state index contributed by atoms with van der Waals surface area (Å²) < 4.78 is 15.9. The van der Waals surface area contributed by atoms with Gasteiger partial charge in [0.1, 0.15) is 12.6 Å². The minimum absolute atomic E-state index is 0.0972. The minimum Gasteiger partial charge on any atom is -0.447 e. The van der Waals surface area contributed by atoms with Crippen LogP contribution in [0, 0.1) is 0 Å². The summed E-state index contributed by atoms with van der Waals surface area (Å²) in [4.78, 5) is 29.9. The highest BCUT2D eigenvalue weighted by Crippen LogP contribution is 2.30. The maximum absolute atomic E-state index is 13.4. The second-order valence-electron chi connectivity index (χ2n) is 7.83. The highest BCUT2D eigenvalue weighted by atomic mass is 16.7. The van der Waals surface area contributed by atoms with E-state index in [0.29, 0.717) is 12.8 Å². The van der Waals surface area contributed by atoms with E-state index in [2.05, 4.69) is 10.0 Å². The summed E-state index contributed by atoms with van der Waals surface area (Å²) in [6.07, 6.45) is -0.127. The van der Waals surface area contributed by atoms with Gasteiger partial charge in [0, 0.05) is 25.6 Å². The first-order valence-corrected chi connectivity index (χ1v) is 10.8. The van der Waals surface area contributed by atoms with E-state index in [0.717, 1.165) is 16.0 Å². The van der Waals surface area contributed by atoms with Crippen LogP contribution in [0.1, 0.15) is 29.9 Å². The molecule has 0 spiro atoms. The van der Waals surface area contributed by atoms with Crippen molar-refractivity contribution in [3.8, 4) is 0 Å². The van der Waals surface area contributed by atoms with E-state index < -0.39 is 30.4 Å². The van der Waals surface area contributed by atoms with Crippen LogP contribution in [-0.2, 0) is 25.4 Å². The molecule has 0 saturated carbocycles. The van der Waals surface area contributed by atoms with Crippen LogP contribution in [0.15, 0.2) is 65.8 Å². The summed E-state index contributed by atoms with van der Waals surface area (Å²) in [6.45, 7) is 0.0972. The average molecular weight is 453 g/mol. The van der Waals surface area contributed by atoms with Crippen molar-refractivity contribution in [2.75, 3.05) is 20.8 Å². The maximum Gasteiger partial charge on any atom is 0.416 e. The zero-order chi connectivity index (χ0) is 23.6. The van der Waals surface area contributed by atoms with Gasteiger partial charge in [0.15, 0.2) is 6.29 Å². The Balaban J connectivity index is 1.83. The third-order valence-corrected chi connectivity index (χ3v) is 5.77. The van der Waals surface area contributed by atoms with E-state index in [4.69, 9.17) is 14.2 Å². The van der Waals surface area contributed by atoms with Gasteiger partial charge < -0.3 is 14.2 Å². The Morgan fingerprint density at radius 2 is 1.76 bits per heavy atom. The molecule has 174 valence electrons. The number of amides is 2. The summed E-state index contributed by atoms with van der Waals surface area (Å²) in [7, 11) is 3.08. The van der Waals surface area contributed by atoms with E-state index in [1.807, 2.05) is 60.7 Å². The minimum atomic E-state index is -1.08. The number of ether oxygens (including phenoxy) is 3. The molecule has 33 heavy (non-hydrogen) atoms. The van der Waals surface area contributed by atoms with Crippen LogP contribution < -0.4 is 0 Å². The Bertz CT molecular complexity index is 961. The predicted octanol–water partition coefficient (Wildman–Crippen LogP) is 4.44. The Morgan fingerprint density at radius 1 is 1.12 bits per heavy atom. The number of methoxy groups -OCH3 is 2. The number of carbonyl (C=O) groups excluding carboxylic acids is 2. The molecule has 1 saturated heterocycles. The average Bonchev–Trinajstić information content (AvgIpc) is 3.21. The molecule has 1 heterocycles. The van der Waals surface area contributed by atoms with Gasteiger partial charge >= 0.3 is 6.09 Å². The van der Waals surface area contributed by atoms with Gasteiger partial charge in [0.25, 0.3) is 0 Å². The van der Waals surface area contributed by atoms with E-state index in [1.165, 1.54) is 0 Å². The van der Waals surface area contributed by atoms with Gasteiger partial charge in [-0.15, -0.1) is 0 Å². The highest BCUT2D eigenvalue weighted by molar-refractivity contribution is 5.96. The third-order valence-electron chi connectivity index (χ3n) is 5.77. The molecule has 3 unspecified atom stereocenters. The number of nitrogens with zero attached hydrogens (tertiary/aromatic N) is 4. The lowest BCUT2D eigenvalue weighted by Gasteiger charge is -2.27. The van der Waals surface area contributed by atoms with Crippen LogP contribution in [0.25, 0.3) is 10.4 Å². The van der Waals surface area contributed by atoms with Crippen molar-refractivity contribution in [2.24, 2.45) is 5.11 Å². The number of cyclic esters (lactones) is 1. The Morgan fingerprint density at radius 3 is 2.36 bits per heavy atom. The number of imide groups is 1. The molecule has 1 aliphatic rings. The molecule has 3 rings (SSSR count). The Labute approximate surface area is 192 Å². The van der Waals surface area contributed by atoms with Crippen molar-refractivity contribution in [2.45, 2.75) is 43.6 Å². The molecule has 0 aromatic heterocycles. The molecule has 2 aromatic carbocycles. The number of hydrogen-bond donors (Lipinski definition) is 0. The van der Waals surface area contributed by atoms with Crippen molar-refractivity contribution >= 4 is 12.0 Å². The van der Waals surface area contributed by atoms with Crippen LogP contribution in [0.4, 0.5) is 4.79 Å². The molecule has 0 N–H and O–H groups in total. The molecule has 0 aliphatic carbocycles. The first kappa shape index (κ1) is 24.3. The molecule has 1 aliphatic heterocycles. The highest BCUT2D eigenvalue weighted by Gasteiger charge is 2.41. The van der Waals surface area contributed by atoms with Gasteiger partial charge in [-0.1, -0.05) is 65.8 Å². The number of rotatable bonds is 11. The summed E-state index contributed by atoms with van der Waals surface area (Å²) in [5, 5.41) is 3.77. The second kappa shape index (κ2) is 12.0. The normalized spacial score (nSPS) is 17.4. The fourth-order valence-corrected chi connectivity index (χ4v) is 4.07. The SMILES string of the molecule is COC(CC(CC(N=[N+]=[N-])C(=O)N1C(=O)OCC1Cc1ccccc1)c1ccccc1)OC. The van der Waals surface area contributed by atoms with Gasteiger partial charge in [-0.2, -0.15) is 0 Å². The van der Waals surface area contributed by atoms with Gasteiger partial charge in [-0.25, -0.2) is 9.69 Å². The zero-order valence-electron chi connectivity index (χ0n) is 18.7. The Kier molecular flexibility index (Phi) is 8.83. The molecule has 0 radical (unpaired) electrons. The number of hydrogen-bond acceptors (Lipinski definition) is 6. The summed E-state index contributed by atoms with van der Waals surface area (Å²) >= 11 is 0. The summed E-state index contributed by atoms with van der Waals surface area (Å²) in [6, 6.07) is 17.6. The second-order valence-corrected chi connectivity index (χ2v) is 7.83. The van der Waals surface area contributed by atoms with Crippen molar-refractivity contribution < 1.29 is 23.8 Å². The standard InChI is InChI=1S/C24H28N4O5/c1-31-22(32-2)15-19(18-11-7-4-8-12-18)14-21(26-27-25)23(29)28-20(16-33-24(28)30)13-17-9-5-3-6-10-17/h3-12,19-22H,13-16H2,1-2H3. The van der Waals surface area contributed by atoms with Gasteiger partial charge in [0.2, 0.25) is 5.91 Å². The van der Waals surface area contributed by atoms with E-state index in [9.17, 15) is 15.1 Å². The van der Waals surface area contributed by atoms with E-state index in [-0.39, 0.29) is 18.9 Å². The molecule has 2 aromatic rings. The monoisotopic (exact) mass is 452 g/mol. The van der Waals surface area contributed by atoms with Gasteiger partial charge in [0.05, 0.1) is 6.04 Å². The lowest BCUT2D eigenvalue weighted by Crippen LogP contribution is -2.45. The number of azide groups is 1. The fraction of sp³-hybridized carbons (Fsp3) is 0.417. The first-order chi connectivity index (χ1) is 16.1. The van der Waals surface area contributed by atoms with Crippen molar-refractivity contribution in [3.63, 3.8) is 0 Å². The quantitative estimate of drug-likeness (QED) is 0.216. The summed E-state index contributed by atoms with van der Waals surface area (Å²) in [5.41, 5.74) is 11.1. The van der Waals surface area contributed by atoms with Gasteiger partial charge in [-0.05, 0) is 35.4 Å². The van der Waals surface area contributed by atoms with Crippen molar-refractivity contribution in [1.29, 1.82) is 0 Å². The molecular formula is C24H28N4O5. The lowest BCUT2D eigenvalue weighted by molar-refractivity contribution is -0.131. The van der Waals surface area contributed by atoms with E-state index in [1.54, 1.807) is 14.2 Å². The van der Waals surface area contributed by atoms with Crippen LogP contribution in [0.3, 0.4) is 0 Å². The summed E-state index contributed by atoms with van der Waals surface area (Å²) in [5.74, 6) is -0.773. The number of benzene rings is 2. The molecule has 9 nitrogen and oxygen atoms in total. The zero-order valence-corrected chi connectivity index (χ0v) is 18.7. The number of carbonyl (C=O) groups is 2. The van der Waals surface area contributed by atoms with Crippen molar-refractivity contribution in [3.05, 3.63) is 82.2 Å². The van der Waals surface area contributed by atoms with Crippen LogP contribution >= 0.6 is 0 Å². The Hall–Kier alpha value is -3.39. The fourth-order valence-electron chi connectivity index (χ4n) is 4.07. The van der Waals surface area contributed by atoms with Crippen LogP contribution in [0.2, 0.25) is 0 Å². The molecule has 3 atom stereocenters. The largest absolute Gasteiger partial charge is 0.447 e. The van der Waals surface area contributed by atoms with Crippen LogP contribution in [-0.4, -0.2) is 56.1 Å². The van der Waals surface area contributed by atoms with E-state index >= 15 is 0 Å². The molecule has 2 amide bonds. The third kappa shape index (κ3) is 6.32. The molecule has 9 heteroatoms. The topological polar surface area (TPSA) is 114 Å². The van der Waals surface area contributed by atoms with Crippen LogP contribution in [0.5, 0.6) is 0 Å². The lowest BCUT2D eigenvalue weighted by atomic mass is 9.88. The molecular weight excluding hydrogens is 424 g/mol. The van der Waals surface area contributed by atoms with Crippen molar-refractivity contribution in [1.82, 2.24) is 4.90 Å². The molecule has 1 fully saturated rings.